The van der Waals surface area contributed by atoms with Gasteiger partial charge in [-0.25, -0.2) is 0 Å². The molecule has 0 spiro atoms. The minimum absolute atomic E-state index is 0.587. The van der Waals surface area contributed by atoms with E-state index in [2.05, 4.69) is 58.7 Å². The van der Waals surface area contributed by atoms with Gasteiger partial charge in [-0.1, -0.05) is 18.2 Å². The molecule has 1 unspecified atom stereocenters. The van der Waals surface area contributed by atoms with Crippen molar-refractivity contribution in [2.45, 2.75) is 32.7 Å². The van der Waals surface area contributed by atoms with Crippen LogP contribution in [0.25, 0.3) is 10.9 Å². The number of fused-ring (bicyclic) bond motifs is 1. The zero-order chi connectivity index (χ0) is 19.4. The molecule has 1 fully saturated rings. The van der Waals surface area contributed by atoms with Crippen molar-refractivity contribution in [1.82, 2.24) is 15.2 Å². The van der Waals surface area contributed by atoms with Crippen LogP contribution in [0, 0.1) is 5.92 Å². The van der Waals surface area contributed by atoms with Crippen LogP contribution >= 0.6 is 0 Å². The van der Waals surface area contributed by atoms with Gasteiger partial charge in [-0.3, -0.25) is 4.99 Å². The van der Waals surface area contributed by atoms with Crippen LogP contribution in [0.5, 0.6) is 0 Å². The number of hydrogen-bond donors (Lipinski definition) is 2. The maximum absolute atomic E-state index is 5.75. The highest BCUT2D eigenvalue weighted by atomic mass is 16.5. The molecule has 6 heteroatoms. The van der Waals surface area contributed by atoms with Crippen molar-refractivity contribution < 1.29 is 9.47 Å². The first-order valence-corrected chi connectivity index (χ1v) is 10.6. The Bertz CT molecular complexity index is 722. The lowest BCUT2D eigenvalue weighted by Crippen LogP contribution is -2.38. The average Bonchev–Trinajstić information content (AvgIpc) is 3.38. The minimum Gasteiger partial charge on any atom is -0.381 e. The smallest absolute Gasteiger partial charge is 0.191 e. The standard InChI is InChI=1S/C22H34N4O2/c1-2-23-22(25-12-6-15-27-17-19-10-16-28-18-19)24-11-5-13-26-14-9-20-7-3-4-8-21(20)26/h3-4,7-9,14,19H,2,5-6,10-13,15-18H2,1H3,(H2,23,24,25). The summed E-state index contributed by atoms with van der Waals surface area (Å²) >= 11 is 0. The molecular weight excluding hydrogens is 352 g/mol. The maximum Gasteiger partial charge on any atom is 0.191 e. The first-order chi connectivity index (χ1) is 13.9. The fraction of sp³-hybridized carbons (Fsp3) is 0.591. The van der Waals surface area contributed by atoms with Crippen LogP contribution in [0.3, 0.4) is 0 Å². The van der Waals surface area contributed by atoms with E-state index in [-0.39, 0.29) is 0 Å². The number of aliphatic imine (C=N–C) groups is 1. The van der Waals surface area contributed by atoms with Crippen LogP contribution in [-0.4, -0.2) is 56.6 Å². The predicted octanol–water partition coefficient (Wildman–Crippen LogP) is 3.03. The SMILES string of the molecule is CCNC(=NCCCn1ccc2ccccc21)NCCCOCC1CCOC1. The van der Waals surface area contributed by atoms with Gasteiger partial charge >= 0.3 is 0 Å². The summed E-state index contributed by atoms with van der Waals surface area (Å²) in [6.45, 7) is 8.96. The second-order valence-corrected chi connectivity index (χ2v) is 7.27. The summed E-state index contributed by atoms with van der Waals surface area (Å²) in [6.07, 6.45) is 5.29. The van der Waals surface area contributed by atoms with Crippen molar-refractivity contribution in [2.24, 2.45) is 10.9 Å². The summed E-state index contributed by atoms with van der Waals surface area (Å²) in [5.74, 6) is 1.48. The molecule has 1 aromatic heterocycles. The zero-order valence-corrected chi connectivity index (χ0v) is 17.0. The molecule has 0 saturated carbocycles. The lowest BCUT2D eigenvalue weighted by Gasteiger charge is -2.12. The van der Waals surface area contributed by atoms with Gasteiger partial charge in [0.15, 0.2) is 5.96 Å². The van der Waals surface area contributed by atoms with E-state index in [4.69, 9.17) is 14.5 Å². The van der Waals surface area contributed by atoms with Gasteiger partial charge in [0.25, 0.3) is 0 Å². The van der Waals surface area contributed by atoms with Gasteiger partial charge in [-0.15, -0.1) is 0 Å². The van der Waals surface area contributed by atoms with Gasteiger partial charge in [0.2, 0.25) is 0 Å². The molecule has 0 bridgehead atoms. The number of guanidine groups is 1. The van der Waals surface area contributed by atoms with Gasteiger partial charge in [0.05, 0.1) is 13.2 Å². The summed E-state index contributed by atoms with van der Waals surface area (Å²) < 4.78 is 13.4. The molecule has 3 rings (SSSR count). The van der Waals surface area contributed by atoms with E-state index in [0.717, 1.165) is 77.8 Å². The van der Waals surface area contributed by atoms with Crippen LogP contribution in [0.2, 0.25) is 0 Å². The number of aryl methyl sites for hydroxylation is 1. The summed E-state index contributed by atoms with van der Waals surface area (Å²) in [5, 5.41) is 8.01. The Hall–Kier alpha value is -2.05. The van der Waals surface area contributed by atoms with E-state index in [1.807, 2.05) is 0 Å². The number of nitrogens with zero attached hydrogens (tertiary/aromatic N) is 2. The minimum atomic E-state index is 0.587. The Kier molecular flexibility index (Phi) is 8.65. The first kappa shape index (κ1) is 20.7. The van der Waals surface area contributed by atoms with Crippen LogP contribution in [0.4, 0.5) is 0 Å². The number of rotatable bonds is 11. The van der Waals surface area contributed by atoms with E-state index in [9.17, 15) is 0 Å². The molecule has 0 amide bonds. The van der Waals surface area contributed by atoms with Crippen molar-refractivity contribution in [1.29, 1.82) is 0 Å². The summed E-state index contributed by atoms with van der Waals surface area (Å²) in [4.78, 5) is 4.70. The van der Waals surface area contributed by atoms with E-state index in [1.165, 1.54) is 10.9 Å². The highest BCUT2D eigenvalue weighted by molar-refractivity contribution is 5.80. The third kappa shape index (κ3) is 6.53. The average molecular weight is 387 g/mol. The quantitative estimate of drug-likeness (QED) is 0.354. The fourth-order valence-electron chi connectivity index (χ4n) is 3.46. The molecule has 2 aromatic rings. The zero-order valence-electron chi connectivity index (χ0n) is 17.0. The van der Waals surface area contributed by atoms with Crippen LogP contribution in [0.1, 0.15) is 26.2 Å². The highest BCUT2D eigenvalue weighted by Gasteiger charge is 2.15. The summed E-state index contributed by atoms with van der Waals surface area (Å²) in [5.41, 5.74) is 1.29. The normalized spacial score (nSPS) is 17.3. The molecule has 1 aliphatic rings. The third-order valence-electron chi connectivity index (χ3n) is 4.99. The number of aromatic nitrogens is 1. The van der Waals surface area contributed by atoms with Crippen molar-refractivity contribution >= 4 is 16.9 Å². The van der Waals surface area contributed by atoms with Crippen LogP contribution in [0.15, 0.2) is 41.5 Å². The topological polar surface area (TPSA) is 59.8 Å². The van der Waals surface area contributed by atoms with E-state index in [1.54, 1.807) is 0 Å². The Balaban J connectivity index is 1.31. The lowest BCUT2D eigenvalue weighted by atomic mass is 10.1. The number of hydrogen-bond acceptors (Lipinski definition) is 3. The molecule has 28 heavy (non-hydrogen) atoms. The molecule has 0 aliphatic carbocycles. The largest absolute Gasteiger partial charge is 0.381 e. The van der Waals surface area contributed by atoms with Gasteiger partial charge in [0, 0.05) is 57.0 Å². The molecule has 154 valence electrons. The molecule has 6 nitrogen and oxygen atoms in total. The van der Waals surface area contributed by atoms with Crippen LogP contribution < -0.4 is 10.6 Å². The lowest BCUT2D eigenvalue weighted by molar-refractivity contribution is 0.0888. The monoisotopic (exact) mass is 386 g/mol. The second-order valence-electron chi connectivity index (χ2n) is 7.27. The Morgan fingerprint density at radius 1 is 1.25 bits per heavy atom. The van der Waals surface area contributed by atoms with E-state index >= 15 is 0 Å². The number of benzene rings is 1. The van der Waals surface area contributed by atoms with Crippen molar-refractivity contribution in [3.63, 3.8) is 0 Å². The number of para-hydroxylation sites is 1. The Morgan fingerprint density at radius 3 is 3.04 bits per heavy atom. The molecular formula is C22H34N4O2. The third-order valence-corrected chi connectivity index (χ3v) is 4.99. The van der Waals surface area contributed by atoms with Crippen molar-refractivity contribution in [2.75, 3.05) is 46.1 Å². The highest BCUT2D eigenvalue weighted by Crippen LogP contribution is 2.15. The van der Waals surface area contributed by atoms with Gasteiger partial charge < -0.3 is 24.7 Å². The summed E-state index contributed by atoms with van der Waals surface area (Å²) in [6, 6.07) is 10.7. The summed E-state index contributed by atoms with van der Waals surface area (Å²) in [7, 11) is 0. The Labute approximate surface area is 168 Å². The number of ether oxygens (including phenoxy) is 2. The molecule has 1 saturated heterocycles. The molecule has 2 heterocycles. The second kappa shape index (κ2) is 11.7. The molecule has 2 N–H and O–H groups in total. The van der Waals surface area contributed by atoms with Gasteiger partial charge in [-0.05, 0) is 43.7 Å². The first-order valence-electron chi connectivity index (χ1n) is 10.6. The Morgan fingerprint density at radius 2 is 2.18 bits per heavy atom. The fourth-order valence-corrected chi connectivity index (χ4v) is 3.46. The van der Waals surface area contributed by atoms with Gasteiger partial charge in [-0.2, -0.15) is 0 Å². The maximum atomic E-state index is 5.75. The molecule has 1 aromatic carbocycles. The van der Waals surface area contributed by atoms with Gasteiger partial charge in [0.1, 0.15) is 0 Å². The van der Waals surface area contributed by atoms with Crippen molar-refractivity contribution in [3.05, 3.63) is 36.5 Å². The molecule has 1 atom stereocenters. The predicted molar refractivity (Wildman–Crippen MR) is 115 cm³/mol. The van der Waals surface area contributed by atoms with E-state index < -0.39 is 0 Å². The molecule has 0 radical (unpaired) electrons. The number of nitrogens with one attached hydrogen (secondary N) is 2. The van der Waals surface area contributed by atoms with E-state index in [0.29, 0.717) is 5.92 Å². The molecule has 1 aliphatic heterocycles. The van der Waals surface area contributed by atoms with Crippen molar-refractivity contribution in [3.8, 4) is 0 Å². The van der Waals surface area contributed by atoms with Crippen LogP contribution in [-0.2, 0) is 16.0 Å².